The predicted octanol–water partition coefficient (Wildman–Crippen LogP) is 4.09. The summed E-state index contributed by atoms with van der Waals surface area (Å²) in [5.41, 5.74) is 1.37. The minimum absolute atomic E-state index is 0.113. The molecular formula is C12H13F6N3. The van der Waals surface area contributed by atoms with E-state index in [-0.39, 0.29) is 23.4 Å². The monoisotopic (exact) mass is 313 g/mol. The second-order valence-electron chi connectivity index (χ2n) is 3.80. The zero-order valence-corrected chi connectivity index (χ0v) is 11.2. The van der Waals surface area contributed by atoms with Crippen LogP contribution in [0.4, 0.5) is 26.3 Å². The minimum Gasteiger partial charge on any atom is -0.341 e. The average Bonchev–Trinajstić information content (AvgIpc) is 2.79. The van der Waals surface area contributed by atoms with E-state index in [9.17, 15) is 26.3 Å². The largest absolute Gasteiger partial charge is 0.417 e. The molecule has 0 saturated carbocycles. The molecule has 118 valence electrons. The summed E-state index contributed by atoms with van der Waals surface area (Å²) in [5.74, 6) is 0.113. The van der Waals surface area contributed by atoms with Crippen molar-refractivity contribution in [3.63, 3.8) is 0 Å². The van der Waals surface area contributed by atoms with Crippen molar-refractivity contribution in [2.24, 2.45) is 5.73 Å². The van der Waals surface area contributed by atoms with E-state index < -0.39 is 23.5 Å². The van der Waals surface area contributed by atoms with Gasteiger partial charge in [-0.1, -0.05) is 13.8 Å². The van der Waals surface area contributed by atoms with Crippen molar-refractivity contribution >= 4 is 11.0 Å². The molecule has 0 unspecified atom stereocenters. The maximum absolute atomic E-state index is 12.6. The van der Waals surface area contributed by atoms with Crippen LogP contribution in [0.3, 0.4) is 0 Å². The fraction of sp³-hybridized carbons (Fsp3) is 0.417. The molecule has 1 aromatic heterocycles. The Kier molecular flexibility index (Phi) is 4.87. The number of hydrogen-bond donors (Lipinski definition) is 2. The first kappa shape index (κ1) is 17.3. The maximum Gasteiger partial charge on any atom is 0.417 e. The van der Waals surface area contributed by atoms with E-state index in [1.807, 2.05) is 13.8 Å². The molecule has 3 nitrogen and oxygen atoms in total. The Bertz CT molecular complexity index is 561. The molecule has 1 heterocycles. The number of nitrogens with one attached hydrogen (secondary N) is 1. The Morgan fingerprint density at radius 3 is 1.90 bits per heavy atom. The Hall–Kier alpha value is -1.77. The third-order valence-electron chi connectivity index (χ3n) is 2.47. The summed E-state index contributed by atoms with van der Waals surface area (Å²) in [4.78, 5) is 6.11. The SMILES string of the molecule is CC.NCc1nc2cc(C(F)(F)F)c(C(F)(F)F)cc2[nH]1. The lowest BCUT2D eigenvalue weighted by Gasteiger charge is -2.15. The van der Waals surface area contributed by atoms with Gasteiger partial charge in [-0.2, -0.15) is 26.3 Å². The van der Waals surface area contributed by atoms with E-state index in [1.165, 1.54) is 0 Å². The summed E-state index contributed by atoms with van der Waals surface area (Å²) in [5, 5.41) is 0. The quantitative estimate of drug-likeness (QED) is 0.779. The van der Waals surface area contributed by atoms with Gasteiger partial charge < -0.3 is 10.7 Å². The van der Waals surface area contributed by atoms with Gasteiger partial charge in [0.25, 0.3) is 0 Å². The van der Waals surface area contributed by atoms with Crippen LogP contribution in [0.15, 0.2) is 12.1 Å². The molecule has 1 aromatic carbocycles. The molecule has 0 aliphatic carbocycles. The van der Waals surface area contributed by atoms with Gasteiger partial charge in [0, 0.05) is 0 Å². The van der Waals surface area contributed by atoms with Gasteiger partial charge in [-0.3, -0.25) is 0 Å². The summed E-state index contributed by atoms with van der Waals surface area (Å²) in [6.45, 7) is 3.89. The number of halogens is 6. The Labute approximate surface area is 116 Å². The van der Waals surface area contributed by atoms with Crippen molar-refractivity contribution in [2.45, 2.75) is 32.7 Å². The lowest BCUT2D eigenvalue weighted by molar-refractivity contribution is -0.161. The average molecular weight is 313 g/mol. The lowest BCUT2D eigenvalue weighted by atomic mass is 10.1. The first-order chi connectivity index (χ1) is 9.63. The van der Waals surface area contributed by atoms with Crippen LogP contribution in [-0.4, -0.2) is 9.97 Å². The van der Waals surface area contributed by atoms with Crippen LogP contribution < -0.4 is 5.73 Å². The number of aromatic amines is 1. The van der Waals surface area contributed by atoms with Gasteiger partial charge in [0.05, 0.1) is 28.7 Å². The molecule has 3 N–H and O–H groups in total. The molecule has 2 aromatic rings. The Morgan fingerprint density at radius 2 is 1.48 bits per heavy atom. The van der Waals surface area contributed by atoms with Gasteiger partial charge in [0.15, 0.2) is 0 Å². The molecule has 0 aliphatic heterocycles. The van der Waals surface area contributed by atoms with Crippen LogP contribution in [0.1, 0.15) is 30.8 Å². The number of benzene rings is 1. The Balaban J connectivity index is 0.00000106. The topological polar surface area (TPSA) is 54.7 Å². The highest BCUT2D eigenvalue weighted by molar-refractivity contribution is 5.77. The number of fused-ring (bicyclic) bond motifs is 1. The van der Waals surface area contributed by atoms with E-state index in [1.54, 1.807) is 0 Å². The van der Waals surface area contributed by atoms with Crippen molar-refractivity contribution in [3.8, 4) is 0 Å². The van der Waals surface area contributed by atoms with E-state index in [0.29, 0.717) is 12.1 Å². The summed E-state index contributed by atoms with van der Waals surface area (Å²) < 4.78 is 75.8. The van der Waals surface area contributed by atoms with Gasteiger partial charge in [-0.25, -0.2) is 4.98 Å². The maximum atomic E-state index is 12.6. The molecular weight excluding hydrogens is 300 g/mol. The van der Waals surface area contributed by atoms with Crippen LogP contribution in [-0.2, 0) is 18.9 Å². The molecule has 9 heteroatoms. The van der Waals surface area contributed by atoms with Crippen LogP contribution >= 0.6 is 0 Å². The van der Waals surface area contributed by atoms with Crippen LogP contribution in [0.2, 0.25) is 0 Å². The lowest BCUT2D eigenvalue weighted by Crippen LogP contribution is -2.16. The molecule has 0 radical (unpaired) electrons. The van der Waals surface area contributed by atoms with Crippen molar-refractivity contribution in [2.75, 3.05) is 0 Å². The molecule has 0 amide bonds. The van der Waals surface area contributed by atoms with Crippen molar-refractivity contribution in [1.82, 2.24) is 9.97 Å². The third-order valence-corrected chi connectivity index (χ3v) is 2.47. The molecule has 0 spiro atoms. The summed E-state index contributed by atoms with van der Waals surface area (Å²) in [6.07, 6.45) is -10.2. The Morgan fingerprint density at radius 1 is 1.00 bits per heavy atom. The molecule has 21 heavy (non-hydrogen) atoms. The number of aromatic nitrogens is 2. The first-order valence-corrected chi connectivity index (χ1v) is 6.00. The second-order valence-corrected chi connectivity index (χ2v) is 3.80. The number of alkyl halides is 6. The predicted molar refractivity (Wildman–Crippen MR) is 65.3 cm³/mol. The number of nitrogens with zero attached hydrogens (tertiary/aromatic N) is 1. The summed E-state index contributed by atoms with van der Waals surface area (Å²) in [6, 6.07) is 0.762. The smallest absolute Gasteiger partial charge is 0.341 e. The highest BCUT2D eigenvalue weighted by Gasteiger charge is 2.43. The molecule has 2 rings (SSSR count). The number of nitrogens with two attached hydrogens (primary N) is 1. The molecule has 0 atom stereocenters. The third kappa shape index (κ3) is 3.66. The van der Waals surface area contributed by atoms with Gasteiger partial charge >= 0.3 is 12.4 Å². The van der Waals surface area contributed by atoms with Gasteiger partial charge in [0.2, 0.25) is 0 Å². The zero-order chi connectivity index (χ0) is 16.4. The van der Waals surface area contributed by atoms with Crippen molar-refractivity contribution in [3.05, 3.63) is 29.1 Å². The van der Waals surface area contributed by atoms with E-state index >= 15 is 0 Å². The molecule has 0 fully saturated rings. The van der Waals surface area contributed by atoms with Gasteiger partial charge in [-0.15, -0.1) is 0 Å². The molecule has 0 bridgehead atoms. The summed E-state index contributed by atoms with van der Waals surface area (Å²) in [7, 11) is 0. The number of rotatable bonds is 1. The first-order valence-electron chi connectivity index (χ1n) is 6.00. The van der Waals surface area contributed by atoms with Crippen molar-refractivity contribution < 1.29 is 26.3 Å². The van der Waals surface area contributed by atoms with Crippen molar-refractivity contribution in [1.29, 1.82) is 0 Å². The fourth-order valence-corrected chi connectivity index (χ4v) is 1.68. The van der Waals surface area contributed by atoms with E-state index in [2.05, 4.69) is 9.97 Å². The van der Waals surface area contributed by atoms with Crippen LogP contribution in [0.25, 0.3) is 11.0 Å². The molecule has 0 aliphatic rings. The number of H-pyrrole nitrogens is 1. The summed E-state index contributed by atoms with van der Waals surface area (Å²) >= 11 is 0. The second kappa shape index (κ2) is 5.92. The van der Waals surface area contributed by atoms with Gasteiger partial charge in [-0.05, 0) is 12.1 Å². The van der Waals surface area contributed by atoms with Crippen LogP contribution in [0, 0.1) is 0 Å². The van der Waals surface area contributed by atoms with Crippen LogP contribution in [0.5, 0.6) is 0 Å². The van der Waals surface area contributed by atoms with Gasteiger partial charge in [0.1, 0.15) is 5.82 Å². The molecule has 0 saturated heterocycles. The number of hydrogen-bond acceptors (Lipinski definition) is 2. The minimum atomic E-state index is -5.11. The number of imidazole rings is 1. The standard InChI is InChI=1S/C10H7F6N3.C2H6/c11-9(12,13)4-1-6-7(19-8(3-17)18-6)2-5(4)10(14,15)16;1-2/h1-2H,3,17H2,(H,18,19);1-2H3. The highest BCUT2D eigenvalue weighted by Crippen LogP contribution is 2.41. The van der Waals surface area contributed by atoms with E-state index in [0.717, 1.165) is 0 Å². The normalized spacial score (nSPS) is 12.2. The zero-order valence-electron chi connectivity index (χ0n) is 11.2. The fourth-order valence-electron chi connectivity index (χ4n) is 1.68. The van der Waals surface area contributed by atoms with E-state index in [4.69, 9.17) is 5.73 Å². The highest BCUT2D eigenvalue weighted by atomic mass is 19.4.